The van der Waals surface area contributed by atoms with E-state index in [2.05, 4.69) is 38.5 Å². The third kappa shape index (κ3) is 3.93. The Labute approximate surface area is 143 Å². The molecule has 0 saturated carbocycles. The Balaban J connectivity index is 2.10. The number of hydrogen-bond donors (Lipinski definition) is 1. The Hall–Kier alpha value is -1.17. The van der Waals surface area contributed by atoms with Crippen LogP contribution in [-0.2, 0) is 0 Å². The highest BCUT2D eigenvalue weighted by atomic mass is 127. The first-order chi connectivity index (χ1) is 10.0. The van der Waals surface area contributed by atoms with E-state index in [1.165, 1.54) is 12.1 Å². The standard InChI is InChI=1S/C15H10BrFINO2/c16-11-2-1-3-14(15(11)18)21-8-13(20)10-5-4-9(7-19)6-12(10)17/h1-6,13,20H,8H2. The SMILES string of the molecule is N#Cc1ccc(C(O)COc2cccc(Br)c2I)c(F)c1. The van der Waals surface area contributed by atoms with Gasteiger partial charge in [-0.3, -0.25) is 0 Å². The van der Waals surface area contributed by atoms with Gasteiger partial charge < -0.3 is 9.84 Å². The van der Waals surface area contributed by atoms with Crippen molar-refractivity contribution in [3.8, 4) is 11.8 Å². The maximum absolute atomic E-state index is 13.8. The summed E-state index contributed by atoms with van der Waals surface area (Å²) < 4.78 is 21.1. The number of aliphatic hydroxyl groups is 1. The molecule has 1 unspecified atom stereocenters. The Kier molecular flexibility index (Phi) is 5.56. The van der Waals surface area contributed by atoms with Crippen molar-refractivity contribution < 1.29 is 14.2 Å². The molecule has 3 nitrogen and oxygen atoms in total. The maximum Gasteiger partial charge on any atom is 0.133 e. The number of benzene rings is 2. The fraction of sp³-hybridized carbons (Fsp3) is 0.133. The van der Waals surface area contributed by atoms with Crippen molar-refractivity contribution in [3.63, 3.8) is 0 Å². The number of nitriles is 1. The third-order valence-electron chi connectivity index (χ3n) is 2.80. The molecule has 0 fully saturated rings. The highest BCUT2D eigenvalue weighted by Gasteiger charge is 2.15. The van der Waals surface area contributed by atoms with Gasteiger partial charge in [0.05, 0.1) is 15.2 Å². The van der Waals surface area contributed by atoms with Crippen LogP contribution in [0.2, 0.25) is 0 Å². The summed E-state index contributed by atoms with van der Waals surface area (Å²) in [6, 6.07) is 11.3. The fourth-order valence-corrected chi connectivity index (χ4v) is 2.58. The Morgan fingerprint density at radius 1 is 1.38 bits per heavy atom. The van der Waals surface area contributed by atoms with Gasteiger partial charge in [-0.15, -0.1) is 0 Å². The maximum atomic E-state index is 13.8. The molecule has 2 rings (SSSR count). The average Bonchev–Trinajstić information content (AvgIpc) is 2.48. The van der Waals surface area contributed by atoms with E-state index in [1.54, 1.807) is 6.07 Å². The molecule has 1 N–H and O–H groups in total. The van der Waals surface area contributed by atoms with Gasteiger partial charge in [0.15, 0.2) is 0 Å². The topological polar surface area (TPSA) is 53.2 Å². The first-order valence-electron chi connectivity index (χ1n) is 5.97. The molecule has 1 atom stereocenters. The average molecular weight is 462 g/mol. The smallest absolute Gasteiger partial charge is 0.133 e. The lowest BCUT2D eigenvalue weighted by Gasteiger charge is -2.15. The second-order valence-electron chi connectivity index (χ2n) is 4.23. The molecule has 0 bridgehead atoms. The first-order valence-corrected chi connectivity index (χ1v) is 7.84. The molecule has 0 aliphatic heterocycles. The number of ether oxygens (including phenoxy) is 1. The van der Waals surface area contributed by atoms with Crippen LogP contribution >= 0.6 is 38.5 Å². The lowest BCUT2D eigenvalue weighted by atomic mass is 10.1. The van der Waals surface area contributed by atoms with Crippen LogP contribution < -0.4 is 4.74 Å². The molecule has 21 heavy (non-hydrogen) atoms. The monoisotopic (exact) mass is 461 g/mol. The molecule has 6 heteroatoms. The van der Waals surface area contributed by atoms with Crippen molar-refractivity contribution >= 4 is 38.5 Å². The van der Waals surface area contributed by atoms with E-state index in [4.69, 9.17) is 10.00 Å². The number of rotatable bonds is 4. The van der Waals surface area contributed by atoms with Gasteiger partial charge in [-0.1, -0.05) is 12.1 Å². The summed E-state index contributed by atoms with van der Waals surface area (Å²) >= 11 is 5.50. The minimum absolute atomic E-state index is 0.0741. The van der Waals surface area contributed by atoms with Crippen molar-refractivity contribution in [1.29, 1.82) is 5.26 Å². The predicted molar refractivity (Wildman–Crippen MR) is 88.4 cm³/mol. The molecule has 0 aromatic heterocycles. The predicted octanol–water partition coefficient (Wildman–Crippen LogP) is 4.18. The summed E-state index contributed by atoms with van der Waals surface area (Å²) in [6.45, 7) is -0.0741. The summed E-state index contributed by atoms with van der Waals surface area (Å²) in [5, 5.41) is 18.7. The first kappa shape index (κ1) is 16.2. The Bertz CT molecular complexity index is 703. The largest absolute Gasteiger partial charge is 0.489 e. The van der Waals surface area contributed by atoms with Crippen LogP contribution in [-0.4, -0.2) is 11.7 Å². The molecule has 2 aromatic rings. The van der Waals surface area contributed by atoms with Crippen molar-refractivity contribution in [3.05, 3.63) is 61.4 Å². The van der Waals surface area contributed by atoms with Gasteiger partial charge >= 0.3 is 0 Å². The van der Waals surface area contributed by atoms with Crippen LogP contribution in [0.4, 0.5) is 4.39 Å². The van der Waals surface area contributed by atoms with E-state index in [1.807, 2.05) is 18.2 Å². The zero-order valence-corrected chi connectivity index (χ0v) is 14.4. The summed E-state index contributed by atoms with van der Waals surface area (Å²) in [4.78, 5) is 0. The summed E-state index contributed by atoms with van der Waals surface area (Å²) in [6.07, 6.45) is -1.10. The van der Waals surface area contributed by atoms with Crippen molar-refractivity contribution in [2.45, 2.75) is 6.10 Å². The summed E-state index contributed by atoms with van der Waals surface area (Å²) in [5.41, 5.74) is 0.324. The minimum Gasteiger partial charge on any atom is -0.489 e. The van der Waals surface area contributed by atoms with E-state index >= 15 is 0 Å². The number of nitrogens with zero attached hydrogens (tertiary/aromatic N) is 1. The quantitative estimate of drug-likeness (QED) is 0.695. The van der Waals surface area contributed by atoms with Gasteiger partial charge in [0.25, 0.3) is 0 Å². The van der Waals surface area contributed by atoms with Gasteiger partial charge in [0.1, 0.15) is 24.3 Å². The van der Waals surface area contributed by atoms with Gasteiger partial charge in [0.2, 0.25) is 0 Å². The molecule has 108 valence electrons. The minimum atomic E-state index is -1.10. The lowest BCUT2D eigenvalue weighted by Crippen LogP contribution is -2.12. The van der Waals surface area contributed by atoms with Crippen LogP contribution in [0.1, 0.15) is 17.2 Å². The second-order valence-corrected chi connectivity index (χ2v) is 6.16. The van der Waals surface area contributed by atoms with Gasteiger partial charge in [0, 0.05) is 10.0 Å². The highest BCUT2D eigenvalue weighted by Crippen LogP contribution is 2.29. The molecule has 2 aromatic carbocycles. The van der Waals surface area contributed by atoms with Crippen LogP contribution in [0.25, 0.3) is 0 Å². The number of aliphatic hydroxyl groups excluding tert-OH is 1. The summed E-state index contributed by atoms with van der Waals surface area (Å²) in [5.74, 6) is -0.00725. The van der Waals surface area contributed by atoms with E-state index in [0.717, 1.165) is 14.1 Å². The fourth-order valence-electron chi connectivity index (χ4n) is 1.72. The van der Waals surface area contributed by atoms with Crippen LogP contribution in [0.15, 0.2) is 40.9 Å². The molecule has 0 radical (unpaired) electrons. The van der Waals surface area contributed by atoms with Crippen molar-refractivity contribution in [2.24, 2.45) is 0 Å². The van der Waals surface area contributed by atoms with E-state index < -0.39 is 11.9 Å². The molecule has 0 aliphatic carbocycles. The zero-order valence-electron chi connectivity index (χ0n) is 10.7. The Morgan fingerprint density at radius 3 is 2.81 bits per heavy atom. The molecule has 0 heterocycles. The second kappa shape index (κ2) is 7.20. The summed E-state index contributed by atoms with van der Waals surface area (Å²) in [7, 11) is 0. The molecular formula is C15H10BrFINO2. The van der Waals surface area contributed by atoms with Gasteiger partial charge in [-0.25, -0.2) is 4.39 Å². The molecule has 0 spiro atoms. The Morgan fingerprint density at radius 2 is 2.14 bits per heavy atom. The van der Waals surface area contributed by atoms with Crippen molar-refractivity contribution in [1.82, 2.24) is 0 Å². The molecule has 0 saturated heterocycles. The van der Waals surface area contributed by atoms with Crippen molar-refractivity contribution in [2.75, 3.05) is 6.61 Å². The normalized spacial score (nSPS) is 11.8. The zero-order chi connectivity index (χ0) is 15.4. The van der Waals surface area contributed by atoms with E-state index in [9.17, 15) is 9.50 Å². The van der Waals surface area contributed by atoms with Crippen LogP contribution in [0.3, 0.4) is 0 Å². The molecular weight excluding hydrogens is 452 g/mol. The molecule has 0 amide bonds. The van der Waals surface area contributed by atoms with E-state index in [-0.39, 0.29) is 17.7 Å². The third-order valence-corrected chi connectivity index (χ3v) is 5.32. The number of hydrogen-bond acceptors (Lipinski definition) is 3. The highest BCUT2D eigenvalue weighted by molar-refractivity contribution is 14.1. The van der Waals surface area contributed by atoms with Gasteiger partial charge in [-0.05, 0) is 62.8 Å². The lowest BCUT2D eigenvalue weighted by molar-refractivity contribution is 0.104. The number of halogens is 3. The van der Waals surface area contributed by atoms with Gasteiger partial charge in [-0.2, -0.15) is 5.26 Å². The van der Waals surface area contributed by atoms with E-state index in [0.29, 0.717) is 5.75 Å². The molecule has 0 aliphatic rings. The van der Waals surface area contributed by atoms with Crippen LogP contribution in [0, 0.1) is 20.7 Å². The van der Waals surface area contributed by atoms with Crippen LogP contribution in [0.5, 0.6) is 5.75 Å².